The van der Waals surface area contributed by atoms with Gasteiger partial charge in [0.1, 0.15) is 0 Å². The lowest BCUT2D eigenvalue weighted by Crippen LogP contribution is -2.42. The molecule has 1 aromatic carbocycles. The van der Waals surface area contributed by atoms with Crippen LogP contribution >= 0.6 is 0 Å². The fourth-order valence-corrected chi connectivity index (χ4v) is 4.44. The zero-order valence-corrected chi connectivity index (χ0v) is 15.7. The van der Waals surface area contributed by atoms with E-state index in [4.69, 9.17) is 0 Å². The minimum Gasteiger partial charge on any atom is -0.392 e. The number of benzene rings is 1. The smallest absolute Gasteiger partial charge is 0.253 e. The number of likely N-dealkylation sites (tertiary alicyclic amines) is 2. The van der Waals surface area contributed by atoms with Crippen molar-refractivity contribution in [2.45, 2.75) is 36.7 Å². The highest BCUT2D eigenvalue weighted by molar-refractivity contribution is 7.89. The Morgan fingerprint density at radius 3 is 2.73 bits per heavy atom. The molecule has 26 heavy (non-hydrogen) atoms. The van der Waals surface area contributed by atoms with Gasteiger partial charge in [-0.25, -0.2) is 13.1 Å². The van der Waals surface area contributed by atoms with Gasteiger partial charge >= 0.3 is 0 Å². The summed E-state index contributed by atoms with van der Waals surface area (Å²) in [5, 5.41) is 9.66. The third-order valence-electron chi connectivity index (χ3n) is 4.96. The second-order valence-corrected chi connectivity index (χ2v) is 8.79. The van der Waals surface area contributed by atoms with Gasteiger partial charge in [-0.3, -0.25) is 4.79 Å². The highest BCUT2D eigenvalue weighted by Crippen LogP contribution is 2.16. The second kappa shape index (κ2) is 8.47. The molecule has 0 aromatic heterocycles. The maximum absolute atomic E-state index is 12.5. The number of sulfonamides is 1. The van der Waals surface area contributed by atoms with Crippen LogP contribution in [-0.2, 0) is 10.0 Å². The fraction of sp³-hybridized carbons (Fsp3) is 0.611. The van der Waals surface area contributed by atoms with Gasteiger partial charge in [0.05, 0.1) is 11.0 Å². The van der Waals surface area contributed by atoms with Crippen LogP contribution in [0, 0.1) is 0 Å². The van der Waals surface area contributed by atoms with Crippen LogP contribution in [0.1, 0.15) is 36.0 Å². The molecule has 0 saturated carbocycles. The number of aliphatic hydroxyl groups excluding tert-OH is 1. The molecule has 1 amide bonds. The molecule has 8 heteroatoms. The molecular weight excluding hydrogens is 354 g/mol. The molecule has 0 spiro atoms. The summed E-state index contributed by atoms with van der Waals surface area (Å²) in [6.07, 6.45) is 3.23. The molecule has 2 fully saturated rings. The first-order valence-electron chi connectivity index (χ1n) is 9.25. The van der Waals surface area contributed by atoms with Crippen molar-refractivity contribution < 1.29 is 18.3 Å². The van der Waals surface area contributed by atoms with Crippen LogP contribution in [0.5, 0.6) is 0 Å². The minimum absolute atomic E-state index is 0.114. The van der Waals surface area contributed by atoms with Crippen LogP contribution in [0.3, 0.4) is 0 Å². The highest BCUT2D eigenvalue weighted by atomic mass is 32.2. The first kappa shape index (κ1) is 19.3. The Hall–Kier alpha value is -1.48. The van der Waals surface area contributed by atoms with E-state index >= 15 is 0 Å². The molecule has 1 aromatic rings. The topological polar surface area (TPSA) is 90.0 Å². The van der Waals surface area contributed by atoms with Crippen molar-refractivity contribution >= 4 is 15.9 Å². The number of amides is 1. The molecule has 0 unspecified atom stereocenters. The van der Waals surface area contributed by atoms with Gasteiger partial charge in [0.2, 0.25) is 10.0 Å². The number of carbonyl (C=O) groups excluding carboxylic acids is 1. The molecule has 1 atom stereocenters. The minimum atomic E-state index is -3.63. The summed E-state index contributed by atoms with van der Waals surface area (Å²) in [6, 6.07) is 6.22. The largest absolute Gasteiger partial charge is 0.392 e. The van der Waals surface area contributed by atoms with E-state index in [1.54, 1.807) is 17.0 Å². The van der Waals surface area contributed by atoms with Crippen molar-refractivity contribution in [1.82, 2.24) is 14.5 Å². The quantitative estimate of drug-likeness (QED) is 0.677. The number of rotatable bonds is 7. The molecular formula is C18H27N3O4S. The Balaban J connectivity index is 1.52. The maximum Gasteiger partial charge on any atom is 0.253 e. The number of hydrogen-bond acceptors (Lipinski definition) is 5. The monoisotopic (exact) mass is 381 g/mol. The van der Waals surface area contributed by atoms with Crippen molar-refractivity contribution in [3.05, 3.63) is 29.8 Å². The van der Waals surface area contributed by atoms with Crippen molar-refractivity contribution in [3.8, 4) is 0 Å². The molecule has 2 heterocycles. The van der Waals surface area contributed by atoms with E-state index in [2.05, 4.69) is 9.62 Å². The average molecular weight is 381 g/mol. The molecule has 144 valence electrons. The zero-order chi connectivity index (χ0) is 18.6. The predicted octanol–water partition coefficient (Wildman–Crippen LogP) is 0.658. The standard InChI is InChI=1S/C18H27N3O4S/c22-16-6-2-9-20(14-16)10-3-8-19-26(24,25)17-7-1-5-15(13-17)18(23)21-11-4-12-21/h1,5,7,13,16,19,22H,2-4,6,8-12,14H2/t16-/m0/s1. The average Bonchev–Trinajstić information content (AvgIpc) is 2.57. The van der Waals surface area contributed by atoms with E-state index in [-0.39, 0.29) is 16.9 Å². The van der Waals surface area contributed by atoms with Gasteiger partial charge in [-0.2, -0.15) is 0 Å². The summed E-state index contributed by atoms with van der Waals surface area (Å²) in [5.74, 6) is -0.114. The Morgan fingerprint density at radius 2 is 2.04 bits per heavy atom. The molecule has 7 nitrogen and oxygen atoms in total. The number of piperidine rings is 1. The summed E-state index contributed by atoms with van der Waals surface area (Å²) >= 11 is 0. The van der Waals surface area contributed by atoms with Crippen molar-refractivity contribution in [2.24, 2.45) is 0 Å². The van der Waals surface area contributed by atoms with Gasteiger partial charge in [-0.15, -0.1) is 0 Å². The van der Waals surface area contributed by atoms with Crippen LogP contribution in [0.25, 0.3) is 0 Å². The van der Waals surface area contributed by atoms with Gasteiger partial charge in [0, 0.05) is 31.7 Å². The molecule has 2 N–H and O–H groups in total. The number of hydrogen-bond donors (Lipinski definition) is 2. The van der Waals surface area contributed by atoms with Crippen molar-refractivity contribution in [1.29, 1.82) is 0 Å². The Morgan fingerprint density at radius 1 is 1.23 bits per heavy atom. The summed E-state index contributed by atoms with van der Waals surface area (Å²) in [6.45, 7) is 4.17. The lowest BCUT2D eigenvalue weighted by atomic mass is 10.1. The van der Waals surface area contributed by atoms with Crippen LogP contribution in [-0.4, -0.2) is 74.6 Å². The molecule has 2 aliphatic rings. The van der Waals surface area contributed by atoms with Crippen molar-refractivity contribution in [2.75, 3.05) is 39.3 Å². The van der Waals surface area contributed by atoms with Gasteiger partial charge in [0.25, 0.3) is 5.91 Å². The van der Waals surface area contributed by atoms with E-state index in [0.717, 1.165) is 45.4 Å². The third kappa shape index (κ3) is 4.82. The van der Waals surface area contributed by atoms with E-state index in [0.29, 0.717) is 25.1 Å². The van der Waals surface area contributed by atoms with E-state index < -0.39 is 10.0 Å². The second-order valence-electron chi connectivity index (χ2n) is 7.02. The number of aliphatic hydroxyl groups is 1. The molecule has 2 saturated heterocycles. The SMILES string of the molecule is O=C(c1cccc(S(=O)(=O)NCCCN2CCC[C@H](O)C2)c1)N1CCC1. The van der Waals surface area contributed by atoms with E-state index in [9.17, 15) is 18.3 Å². The Bertz CT molecular complexity index is 734. The Labute approximate surface area is 155 Å². The van der Waals surface area contributed by atoms with E-state index in [1.807, 2.05) is 0 Å². The van der Waals surface area contributed by atoms with Crippen LogP contribution in [0.15, 0.2) is 29.2 Å². The number of nitrogens with zero attached hydrogens (tertiary/aromatic N) is 2. The third-order valence-corrected chi connectivity index (χ3v) is 6.42. The van der Waals surface area contributed by atoms with Crippen LogP contribution in [0.4, 0.5) is 0 Å². The molecule has 0 bridgehead atoms. The number of β-amino-alcohol motifs (C(OH)–C–C–N with tert-alkyl or cyclic N) is 1. The van der Waals surface area contributed by atoms with E-state index in [1.165, 1.54) is 12.1 Å². The van der Waals surface area contributed by atoms with Crippen LogP contribution < -0.4 is 4.72 Å². The summed E-state index contributed by atoms with van der Waals surface area (Å²) in [7, 11) is -3.63. The lowest BCUT2D eigenvalue weighted by Gasteiger charge is -2.31. The summed E-state index contributed by atoms with van der Waals surface area (Å²) < 4.78 is 27.6. The lowest BCUT2D eigenvalue weighted by molar-refractivity contribution is 0.0651. The van der Waals surface area contributed by atoms with Gasteiger partial charge < -0.3 is 14.9 Å². The number of nitrogens with one attached hydrogen (secondary N) is 1. The summed E-state index contributed by atoms with van der Waals surface area (Å²) in [5.41, 5.74) is 0.412. The normalized spacial score (nSPS) is 21.4. The van der Waals surface area contributed by atoms with Crippen molar-refractivity contribution in [3.63, 3.8) is 0 Å². The fourth-order valence-electron chi connectivity index (χ4n) is 3.32. The first-order chi connectivity index (χ1) is 12.5. The highest BCUT2D eigenvalue weighted by Gasteiger charge is 2.23. The molecule has 3 rings (SSSR count). The number of carbonyl (C=O) groups is 1. The van der Waals surface area contributed by atoms with Gasteiger partial charge in [-0.1, -0.05) is 6.07 Å². The van der Waals surface area contributed by atoms with Gasteiger partial charge in [-0.05, 0) is 57.0 Å². The molecule has 0 radical (unpaired) electrons. The first-order valence-corrected chi connectivity index (χ1v) is 10.7. The summed E-state index contributed by atoms with van der Waals surface area (Å²) in [4.78, 5) is 16.3. The molecule has 2 aliphatic heterocycles. The maximum atomic E-state index is 12.5. The molecule has 0 aliphatic carbocycles. The predicted molar refractivity (Wildman–Crippen MR) is 98.4 cm³/mol. The Kier molecular flexibility index (Phi) is 6.29. The van der Waals surface area contributed by atoms with Gasteiger partial charge in [0.15, 0.2) is 0 Å². The van der Waals surface area contributed by atoms with Crippen LogP contribution in [0.2, 0.25) is 0 Å². The zero-order valence-electron chi connectivity index (χ0n) is 14.9.